The summed E-state index contributed by atoms with van der Waals surface area (Å²) in [6, 6.07) is 8.24. The Hall–Kier alpha value is -2.64. The molecule has 1 fully saturated rings. The molecule has 1 aromatic heterocycles. The van der Waals surface area contributed by atoms with Crippen LogP contribution in [0.15, 0.2) is 24.3 Å². The third-order valence-electron chi connectivity index (χ3n) is 5.25. The number of carbonyl (C=O) groups is 2. The number of rotatable bonds is 7. The fourth-order valence-corrected chi connectivity index (χ4v) is 3.66. The number of aryl methyl sites for hydroxylation is 1. The van der Waals surface area contributed by atoms with E-state index < -0.39 is 5.97 Å². The normalized spacial score (nSPS) is 14.6. The van der Waals surface area contributed by atoms with Gasteiger partial charge in [-0.25, -0.2) is 4.79 Å². The van der Waals surface area contributed by atoms with Crippen molar-refractivity contribution in [1.29, 1.82) is 0 Å². The van der Waals surface area contributed by atoms with Gasteiger partial charge in [0.05, 0.1) is 25.9 Å². The maximum atomic E-state index is 12.7. The highest BCUT2D eigenvalue weighted by Gasteiger charge is 2.23. The van der Waals surface area contributed by atoms with E-state index >= 15 is 0 Å². The summed E-state index contributed by atoms with van der Waals surface area (Å²) in [6.45, 7) is 8.42. The molecule has 0 spiro atoms. The Bertz CT molecular complexity index is 869. The summed E-state index contributed by atoms with van der Waals surface area (Å²) in [6.07, 6.45) is 0.613. The second-order valence-corrected chi connectivity index (χ2v) is 7.21. The first-order valence-electron chi connectivity index (χ1n) is 9.99. The van der Waals surface area contributed by atoms with Crippen LogP contribution in [-0.2, 0) is 29.0 Å². The molecule has 156 valence electrons. The Labute approximate surface area is 171 Å². The zero-order chi connectivity index (χ0) is 20.8. The van der Waals surface area contributed by atoms with Gasteiger partial charge in [-0.3, -0.25) is 9.69 Å². The Kier molecular flexibility index (Phi) is 7.06. The number of H-pyrrole nitrogens is 1. The van der Waals surface area contributed by atoms with Gasteiger partial charge in [0, 0.05) is 31.9 Å². The van der Waals surface area contributed by atoms with Crippen LogP contribution in [-0.4, -0.2) is 55.2 Å². The van der Waals surface area contributed by atoms with Crippen molar-refractivity contribution in [2.24, 2.45) is 0 Å². The maximum Gasteiger partial charge on any atom is 0.339 e. The smallest absolute Gasteiger partial charge is 0.339 e. The summed E-state index contributed by atoms with van der Waals surface area (Å²) >= 11 is 0. The molecule has 0 saturated carbocycles. The third-order valence-corrected chi connectivity index (χ3v) is 5.25. The molecular weight excluding hydrogens is 370 g/mol. The molecule has 1 aromatic carbocycles. The number of hydrogen-bond acceptors (Lipinski definition) is 5. The summed E-state index contributed by atoms with van der Waals surface area (Å²) in [4.78, 5) is 30.2. The lowest BCUT2D eigenvalue weighted by Gasteiger charge is -2.26. The van der Waals surface area contributed by atoms with E-state index in [9.17, 15) is 9.59 Å². The van der Waals surface area contributed by atoms with Crippen molar-refractivity contribution in [3.63, 3.8) is 0 Å². The van der Waals surface area contributed by atoms with Gasteiger partial charge in [-0.05, 0) is 30.0 Å². The molecule has 0 bridgehead atoms. The molecule has 1 aliphatic heterocycles. The van der Waals surface area contributed by atoms with E-state index in [4.69, 9.17) is 9.47 Å². The van der Waals surface area contributed by atoms with Gasteiger partial charge in [0.2, 0.25) is 0 Å². The quantitative estimate of drug-likeness (QED) is 0.699. The summed E-state index contributed by atoms with van der Waals surface area (Å²) < 4.78 is 10.3. The van der Waals surface area contributed by atoms with Crippen molar-refractivity contribution in [2.75, 3.05) is 33.4 Å². The summed E-state index contributed by atoms with van der Waals surface area (Å²) in [5.41, 5.74) is 4.45. The van der Waals surface area contributed by atoms with Gasteiger partial charge in [0.1, 0.15) is 5.69 Å². The highest BCUT2D eigenvalue weighted by molar-refractivity contribution is 6.00. The number of nitrogens with one attached hydrogen (secondary N) is 2. The molecule has 3 rings (SSSR count). The topological polar surface area (TPSA) is 83.7 Å². The van der Waals surface area contributed by atoms with Crippen LogP contribution in [0.3, 0.4) is 0 Å². The van der Waals surface area contributed by atoms with Crippen LogP contribution < -0.4 is 5.32 Å². The molecule has 1 aliphatic rings. The molecule has 0 unspecified atom stereocenters. The number of morpholine rings is 1. The van der Waals surface area contributed by atoms with Gasteiger partial charge in [0.25, 0.3) is 5.91 Å². The lowest BCUT2D eigenvalue weighted by molar-refractivity contribution is 0.0342. The van der Waals surface area contributed by atoms with Crippen LogP contribution in [0.5, 0.6) is 0 Å². The van der Waals surface area contributed by atoms with Crippen molar-refractivity contribution >= 4 is 11.9 Å². The SMILES string of the molecule is CCc1[nH]c(C(=O)NCc2cccc(CN3CCOCC3)c2)c(C)c1C(=O)OC. The Morgan fingerprint density at radius 3 is 2.66 bits per heavy atom. The minimum absolute atomic E-state index is 0.231. The highest BCUT2D eigenvalue weighted by atomic mass is 16.5. The van der Waals surface area contributed by atoms with E-state index in [2.05, 4.69) is 27.3 Å². The van der Waals surface area contributed by atoms with E-state index in [1.165, 1.54) is 12.7 Å². The number of hydrogen-bond donors (Lipinski definition) is 2. The predicted molar refractivity (Wildman–Crippen MR) is 110 cm³/mol. The van der Waals surface area contributed by atoms with E-state index in [0.29, 0.717) is 35.5 Å². The number of amides is 1. The average molecular weight is 399 g/mol. The number of ether oxygens (including phenoxy) is 2. The summed E-state index contributed by atoms with van der Waals surface area (Å²) in [7, 11) is 1.35. The Morgan fingerprint density at radius 1 is 1.24 bits per heavy atom. The van der Waals surface area contributed by atoms with Crippen LogP contribution in [0.1, 0.15) is 50.2 Å². The standard InChI is InChI=1S/C22H29N3O4/c1-4-18-19(22(27)28-3)15(2)20(24-18)21(26)23-13-16-6-5-7-17(12-16)14-25-8-10-29-11-9-25/h5-7,12,24H,4,8-11,13-14H2,1-3H3,(H,23,26). The van der Waals surface area contributed by atoms with E-state index in [1.54, 1.807) is 6.92 Å². The van der Waals surface area contributed by atoms with Crippen molar-refractivity contribution in [3.05, 3.63) is 57.9 Å². The number of nitrogens with zero attached hydrogens (tertiary/aromatic N) is 1. The van der Waals surface area contributed by atoms with Crippen LogP contribution in [0.2, 0.25) is 0 Å². The van der Waals surface area contributed by atoms with E-state index in [-0.39, 0.29) is 5.91 Å². The minimum atomic E-state index is -0.425. The van der Waals surface area contributed by atoms with E-state index in [1.807, 2.05) is 19.1 Å². The predicted octanol–water partition coefficient (Wildman–Crippen LogP) is 2.43. The van der Waals surface area contributed by atoms with Gasteiger partial charge in [-0.1, -0.05) is 31.2 Å². The fraction of sp³-hybridized carbons (Fsp3) is 0.455. The zero-order valence-corrected chi connectivity index (χ0v) is 17.3. The minimum Gasteiger partial charge on any atom is -0.465 e. The monoisotopic (exact) mass is 399 g/mol. The summed E-state index contributed by atoms with van der Waals surface area (Å²) in [5.74, 6) is -0.656. The molecule has 0 aliphatic carbocycles. The molecule has 2 heterocycles. The molecule has 7 heteroatoms. The molecule has 2 N–H and O–H groups in total. The number of benzene rings is 1. The molecule has 0 radical (unpaired) electrons. The fourth-order valence-electron chi connectivity index (χ4n) is 3.66. The first kappa shape index (κ1) is 21.1. The van der Waals surface area contributed by atoms with Gasteiger partial charge < -0.3 is 19.8 Å². The molecule has 2 aromatic rings. The lowest BCUT2D eigenvalue weighted by Crippen LogP contribution is -2.35. The largest absolute Gasteiger partial charge is 0.465 e. The van der Waals surface area contributed by atoms with Crippen molar-refractivity contribution in [2.45, 2.75) is 33.4 Å². The zero-order valence-electron chi connectivity index (χ0n) is 17.3. The summed E-state index contributed by atoms with van der Waals surface area (Å²) in [5, 5.41) is 2.95. The molecule has 1 saturated heterocycles. The highest BCUT2D eigenvalue weighted by Crippen LogP contribution is 2.20. The average Bonchev–Trinajstić information content (AvgIpc) is 3.09. The van der Waals surface area contributed by atoms with E-state index in [0.717, 1.165) is 38.4 Å². The lowest BCUT2D eigenvalue weighted by atomic mass is 10.1. The molecular formula is C22H29N3O4. The number of esters is 1. The Balaban J connectivity index is 1.65. The number of aromatic nitrogens is 1. The molecule has 1 amide bonds. The van der Waals surface area contributed by atoms with Crippen LogP contribution in [0.4, 0.5) is 0 Å². The first-order chi connectivity index (χ1) is 14.0. The van der Waals surface area contributed by atoms with Crippen LogP contribution in [0, 0.1) is 6.92 Å². The molecule has 7 nitrogen and oxygen atoms in total. The Morgan fingerprint density at radius 2 is 1.97 bits per heavy atom. The van der Waals surface area contributed by atoms with Gasteiger partial charge >= 0.3 is 5.97 Å². The molecule has 0 atom stereocenters. The van der Waals surface area contributed by atoms with Gasteiger partial charge in [-0.2, -0.15) is 0 Å². The van der Waals surface area contributed by atoms with Crippen LogP contribution in [0.25, 0.3) is 0 Å². The second-order valence-electron chi connectivity index (χ2n) is 7.21. The number of methoxy groups -OCH3 is 1. The van der Waals surface area contributed by atoms with Crippen molar-refractivity contribution in [1.82, 2.24) is 15.2 Å². The van der Waals surface area contributed by atoms with Crippen molar-refractivity contribution in [3.8, 4) is 0 Å². The second kappa shape index (κ2) is 9.71. The third kappa shape index (κ3) is 5.05. The molecule has 29 heavy (non-hydrogen) atoms. The maximum absolute atomic E-state index is 12.7. The van der Waals surface area contributed by atoms with Crippen molar-refractivity contribution < 1.29 is 19.1 Å². The van der Waals surface area contributed by atoms with Crippen LogP contribution >= 0.6 is 0 Å². The first-order valence-corrected chi connectivity index (χ1v) is 9.99. The van der Waals surface area contributed by atoms with Gasteiger partial charge in [-0.15, -0.1) is 0 Å². The number of carbonyl (C=O) groups excluding carboxylic acids is 2. The van der Waals surface area contributed by atoms with Gasteiger partial charge in [0.15, 0.2) is 0 Å². The number of aromatic amines is 1.